The van der Waals surface area contributed by atoms with Crippen molar-refractivity contribution in [2.45, 2.75) is 31.8 Å². The van der Waals surface area contributed by atoms with Crippen LogP contribution in [0.15, 0.2) is 0 Å². The number of rotatable bonds is 5. The van der Waals surface area contributed by atoms with E-state index in [1.54, 1.807) is 0 Å². The van der Waals surface area contributed by atoms with Crippen molar-refractivity contribution in [2.24, 2.45) is 5.73 Å². The fourth-order valence-electron chi connectivity index (χ4n) is 1.47. The molecule has 1 aliphatic rings. The molecule has 2 unspecified atom stereocenters. The molecule has 13 heavy (non-hydrogen) atoms. The lowest BCUT2D eigenvalue weighted by Gasteiger charge is -2.21. The van der Waals surface area contributed by atoms with E-state index in [2.05, 4.69) is 0 Å². The van der Waals surface area contributed by atoms with Crippen molar-refractivity contribution >= 4 is 10.8 Å². The van der Waals surface area contributed by atoms with Gasteiger partial charge in [0.2, 0.25) is 0 Å². The van der Waals surface area contributed by atoms with Gasteiger partial charge in [-0.15, -0.1) is 0 Å². The van der Waals surface area contributed by atoms with E-state index in [9.17, 15) is 4.21 Å². The Morgan fingerprint density at radius 3 is 2.92 bits per heavy atom. The first-order chi connectivity index (χ1) is 6.33. The van der Waals surface area contributed by atoms with Crippen LogP contribution >= 0.6 is 0 Å². The van der Waals surface area contributed by atoms with Crippen molar-refractivity contribution in [3.8, 4) is 0 Å². The van der Waals surface area contributed by atoms with Gasteiger partial charge in [-0.25, -0.2) is 0 Å². The molecule has 0 radical (unpaired) electrons. The molecule has 1 rings (SSSR count). The van der Waals surface area contributed by atoms with Crippen LogP contribution in [-0.4, -0.2) is 35.0 Å². The zero-order valence-electron chi connectivity index (χ0n) is 8.04. The highest BCUT2D eigenvalue weighted by atomic mass is 32.2. The van der Waals surface area contributed by atoms with Crippen molar-refractivity contribution in [3.63, 3.8) is 0 Å². The highest BCUT2D eigenvalue weighted by Gasteiger charge is 2.16. The average Bonchev–Trinajstić information content (AvgIpc) is 2.16. The highest BCUT2D eigenvalue weighted by Crippen LogP contribution is 2.13. The van der Waals surface area contributed by atoms with Crippen molar-refractivity contribution < 1.29 is 8.95 Å². The molecule has 4 heteroatoms. The summed E-state index contributed by atoms with van der Waals surface area (Å²) in [4.78, 5) is 0. The average molecular weight is 205 g/mol. The summed E-state index contributed by atoms with van der Waals surface area (Å²) in [7, 11) is -0.722. The fourth-order valence-corrected chi connectivity index (χ4v) is 2.81. The molecule has 2 atom stereocenters. The Morgan fingerprint density at radius 2 is 2.31 bits per heavy atom. The van der Waals surface area contributed by atoms with Gasteiger partial charge in [-0.2, -0.15) is 0 Å². The normalized spacial score (nSPS) is 25.8. The van der Waals surface area contributed by atoms with Gasteiger partial charge in [0.1, 0.15) is 0 Å². The SMILES string of the molecule is NCCCS(=O)CC1CCCCO1. The van der Waals surface area contributed by atoms with Crippen molar-refractivity contribution in [2.75, 3.05) is 24.7 Å². The molecule has 2 N–H and O–H groups in total. The van der Waals surface area contributed by atoms with Gasteiger partial charge in [0, 0.05) is 28.9 Å². The van der Waals surface area contributed by atoms with Crippen LogP contribution in [-0.2, 0) is 15.5 Å². The summed E-state index contributed by atoms with van der Waals surface area (Å²) >= 11 is 0. The molecule has 0 aliphatic carbocycles. The first-order valence-electron chi connectivity index (χ1n) is 4.99. The van der Waals surface area contributed by atoms with Gasteiger partial charge in [0.25, 0.3) is 0 Å². The Hall–Kier alpha value is 0.0700. The highest BCUT2D eigenvalue weighted by molar-refractivity contribution is 7.85. The van der Waals surface area contributed by atoms with Crippen LogP contribution in [0, 0.1) is 0 Å². The van der Waals surface area contributed by atoms with E-state index in [1.807, 2.05) is 0 Å². The molecule has 3 nitrogen and oxygen atoms in total. The Balaban J connectivity index is 2.11. The molecule has 1 aliphatic heterocycles. The second kappa shape index (κ2) is 6.51. The zero-order chi connectivity index (χ0) is 9.52. The summed E-state index contributed by atoms with van der Waals surface area (Å²) in [6.45, 7) is 1.48. The maximum absolute atomic E-state index is 11.4. The van der Waals surface area contributed by atoms with E-state index in [-0.39, 0.29) is 6.10 Å². The van der Waals surface area contributed by atoms with Gasteiger partial charge in [-0.3, -0.25) is 4.21 Å². The van der Waals surface area contributed by atoms with Gasteiger partial charge >= 0.3 is 0 Å². The van der Waals surface area contributed by atoms with Crippen LogP contribution in [0.2, 0.25) is 0 Å². The van der Waals surface area contributed by atoms with Crippen LogP contribution in [0.1, 0.15) is 25.7 Å². The Morgan fingerprint density at radius 1 is 1.46 bits per heavy atom. The van der Waals surface area contributed by atoms with Gasteiger partial charge in [-0.1, -0.05) is 0 Å². The minimum atomic E-state index is -0.722. The lowest BCUT2D eigenvalue weighted by Crippen LogP contribution is -2.26. The number of ether oxygens (including phenoxy) is 1. The fraction of sp³-hybridized carbons (Fsp3) is 1.00. The Labute approximate surface area is 82.5 Å². The summed E-state index contributed by atoms with van der Waals surface area (Å²) in [6.07, 6.45) is 4.56. The molecule has 0 aromatic carbocycles. The van der Waals surface area contributed by atoms with Crippen molar-refractivity contribution in [1.82, 2.24) is 0 Å². The zero-order valence-corrected chi connectivity index (χ0v) is 8.85. The second-order valence-electron chi connectivity index (χ2n) is 3.44. The third-order valence-electron chi connectivity index (χ3n) is 2.22. The molecule has 0 saturated carbocycles. The largest absolute Gasteiger partial charge is 0.377 e. The Bertz CT molecular complexity index is 158. The summed E-state index contributed by atoms with van der Waals surface area (Å²) < 4.78 is 16.9. The van der Waals surface area contributed by atoms with Crippen LogP contribution in [0.25, 0.3) is 0 Å². The summed E-state index contributed by atoms with van der Waals surface area (Å²) in [5, 5.41) is 0. The number of hydrogen-bond acceptors (Lipinski definition) is 3. The third kappa shape index (κ3) is 4.74. The first kappa shape index (κ1) is 11.1. The molecule has 1 heterocycles. The van der Waals surface area contributed by atoms with E-state index in [1.165, 1.54) is 6.42 Å². The molecular formula is C9H19NO2S. The molecule has 0 aromatic rings. The molecule has 78 valence electrons. The molecule has 0 amide bonds. The molecule has 0 bridgehead atoms. The van der Waals surface area contributed by atoms with E-state index in [0.29, 0.717) is 12.3 Å². The quantitative estimate of drug-likeness (QED) is 0.717. The predicted octanol–water partition coefficient (Wildman–Crippen LogP) is 0.653. The number of hydrogen-bond donors (Lipinski definition) is 1. The maximum Gasteiger partial charge on any atom is 0.0690 e. The van der Waals surface area contributed by atoms with Crippen molar-refractivity contribution in [3.05, 3.63) is 0 Å². The minimum Gasteiger partial charge on any atom is -0.377 e. The number of nitrogens with two attached hydrogens (primary N) is 1. The van der Waals surface area contributed by atoms with E-state index in [0.717, 1.165) is 31.6 Å². The molecule has 1 fully saturated rings. The topological polar surface area (TPSA) is 52.3 Å². The minimum absolute atomic E-state index is 0.243. The van der Waals surface area contributed by atoms with Crippen LogP contribution in [0.4, 0.5) is 0 Å². The molecule has 1 saturated heterocycles. The van der Waals surface area contributed by atoms with Crippen LogP contribution < -0.4 is 5.73 Å². The van der Waals surface area contributed by atoms with Crippen LogP contribution in [0.3, 0.4) is 0 Å². The Kier molecular flexibility index (Phi) is 5.58. The van der Waals surface area contributed by atoms with Gasteiger partial charge in [-0.05, 0) is 32.2 Å². The van der Waals surface area contributed by atoms with E-state index >= 15 is 0 Å². The molecule has 0 aromatic heterocycles. The lowest BCUT2D eigenvalue weighted by atomic mass is 10.1. The first-order valence-corrected chi connectivity index (χ1v) is 6.48. The van der Waals surface area contributed by atoms with E-state index in [4.69, 9.17) is 10.5 Å². The smallest absolute Gasteiger partial charge is 0.0690 e. The molecule has 0 spiro atoms. The van der Waals surface area contributed by atoms with Gasteiger partial charge < -0.3 is 10.5 Å². The summed E-state index contributed by atoms with van der Waals surface area (Å²) in [5.41, 5.74) is 5.34. The predicted molar refractivity (Wildman–Crippen MR) is 55.1 cm³/mol. The lowest BCUT2D eigenvalue weighted by molar-refractivity contribution is 0.0310. The summed E-state index contributed by atoms with van der Waals surface area (Å²) in [5.74, 6) is 1.44. The van der Waals surface area contributed by atoms with E-state index < -0.39 is 10.8 Å². The standard InChI is InChI=1S/C9H19NO2S/c10-5-3-7-13(11)8-9-4-1-2-6-12-9/h9H,1-8,10H2. The van der Waals surface area contributed by atoms with Gasteiger partial charge in [0.15, 0.2) is 0 Å². The monoisotopic (exact) mass is 205 g/mol. The second-order valence-corrected chi connectivity index (χ2v) is 5.06. The van der Waals surface area contributed by atoms with Crippen LogP contribution in [0.5, 0.6) is 0 Å². The maximum atomic E-state index is 11.4. The summed E-state index contributed by atoms with van der Waals surface area (Å²) in [6, 6.07) is 0. The van der Waals surface area contributed by atoms with Crippen molar-refractivity contribution in [1.29, 1.82) is 0 Å². The molecular weight excluding hydrogens is 186 g/mol. The van der Waals surface area contributed by atoms with Gasteiger partial charge in [0.05, 0.1) is 6.10 Å². The third-order valence-corrected chi connectivity index (χ3v) is 3.71.